The highest BCUT2D eigenvalue weighted by molar-refractivity contribution is 5.90. The van der Waals surface area contributed by atoms with E-state index in [0.29, 0.717) is 5.56 Å². The zero-order valence-corrected chi connectivity index (χ0v) is 17.0. The Hall–Kier alpha value is -3.70. The molecule has 0 radical (unpaired) electrons. The van der Waals surface area contributed by atoms with Gasteiger partial charge >= 0.3 is 17.9 Å². The molecule has 0 aliphatic carbocycles. The van der Waals surface area contributed by atoms with Crippen LogP contribution in [0.2, 0.25) is 0 Å². The molecule has 3 rings (SSSR count). The van der Waals surface area contributed by atoms with E-state index in [0.717, 1.165) is 0 Å². The summed E-state index contributed by atoms with van der Waals surface area (Å²) in [5, 5.41) is 9.82. The van der Waals surface area contributed by atoms with Crippen molar-refractivity contribution in [1.29, 1.82) is 5.26 Å². The molecule has 2 aromatic carbocycles. The number of carbonyl (C=O) groups excluding carboxylic acids is 3. The van der Waals surface area contributed by atoms with Crippen LogP contribution in [0, 0.1) is 16.7 Å². The molecule has 0 bridgehead atoms. The van der Waals surface area contributed by atoms with Crippen molar-refractivity contribution in [3.8, 4) is 6.07 Å². The molecule has 0 amide bonds. The first kappa shape index (κ1) is 22.0. The minimum Gasteiger partial charge on any atom is -0.459 e. The van der Waals surface area contributed by atoms with Gasteiger partial charge in [0, 0.05) is 6.92 Å². The van der Waals surface area contributed by atoms with Gasteiger partial charge in [-0.2, -0.15) is 5.26 Å². The third kappa shape index (κ3) is 4.90. The third-order valence-electron chi connectivity index (χ3n) is 4.86. The fourth-order valence-corrected chi connectivity index (χ4v) is 3.21. The van der Waals surface area contributed by atoms with Gasteiger partial charge in [-0.3, -0.25) is 4.79 Å². The Labute approximate surface area is 179 Å². The van der Waals surface area contributed by atoms with Gasteiger partial charge in [-0.1, -0.05) is 36.4 Å². The van der Waals surface area contributed by atoms with Crippen LogP contribution in [-0.4, -0.2) is 43.0 Å². The van der Waals surface area contributed by atoms with E-state index < -0.39 is 41.8 Å². The van der Waals surface area contributed by atoms with Crippen molar-refractivity contribution in [3.63, 3.8) is 0 Å². The lowest BCUT2D eigenvalue weighted by molar-refractivity contribution is -0.185. The molecule has 0 unspecified atom stereocenters. The molecule has 1 aliphatic rings. The van der Waals surface area contributed by atoms with Crippen LogP contribution in [0.5, 0.6) is 0 Å². The molecule has 8 heteroatoms. The topological polar surface area (TPSA) is 112 Å². The normalized spacial score (nSPS) is 24.6. The second-order valence-corrected chi connectivity index (χ2v) is 7.17. The maximum absolute atomic E-state index is 12.6. The van der Waals surface area contributed by atoms with Crippen LogP contribution < -0.4 is 0 Å². The number of ether oxygens (including phenoxy) is 4. The molecule has 1 fully saturated rings. The van der Waals surface area contributed by atoms with Crippen LogP contribution >= 0.6 is 0 Å². The Morgan fingerprint density at radius 1 is 0.968 bits per heavy atom. The first-order valence-corrected chi connectivity index (χ1v) is 9.57. The van der Waals surface area contributed by atoms with Gasteiger partial charge in [-0.05, 0) is 31.2 Å². The largest absolute Gasteiger partial charge is 0.459 e. The van der Waals surface area contributed by atoms with Gasteiger partial charge in [-0.25, -0.2) is 9.59 Å². The van der Waals surface area contributed by atoms with E-state index in [9.17, 15) is 19.6 Å². The zero-order chi connectivity index (χ0) is 22.4. The fourth-order valence-electron chi connectivity index (χ4n) is 3.21. The summed E-state index contributed by atoms with van der Waals surface area (Å²) in [4.78, 5) is 36.4. The maximum atomic E-state index is 12.6. The Kier molecular flexibility index (Phi) is 6.68. The molecule has 1 heterocycles. The van der Waals surface area contributed by atoms with E-state index in [1.807, 2.05) is 6.07 Å². The highest BCUT2D eigenvalue weighted by Gasteiger charge is 2.59. The standard InChI is InChI=1S/C23H21NO7/c1-15(25)29-22-23(2,14-24)19(31-21(27)17-11-7-4-8-12-17)18(30-22)13-28-20(26)16-9-5-3-6-10-16/h3-12,18-19,22H,13H2,1-2H3/t18-,19-,22-,23-/m1/s1. The van der Waals surface area contributed by atoms with Gasteiger partial charge in [-0.15, -0.1) is 0 Å². The van der Waals surface area contributed by atoms with E-state index in [2.05, 4.69) is 0 Å². The molecule has 8 nitrogen and oxygen atoms in total. The van der Waals surface area contributed by atoms with Crippen molar-refractivity contribution in [2.75, 3.05) is 6.61 Å². The molecule has 160 valence electrons. The molecular formula is C23H21NO7. The molecule has 1 aliphatic heterocycles. The van der Waals surface area contributed by atoms with E-state index in [-0.39, 0.29) is 12.2 Å². The Bertz CT molecular complexity index is 986. The van der Waals surface area contributed by atoms with Crippen LogP contribution in [0.15, 0.2) is 60.7 Å². The fraction of sp³-hybridized carbons (Fsp3) is 0.304. The lowest BCUT2D eigenvalue weighted by Crippen LogP contribution is -2.43. The highest BCUT2D eigenvalue weighted by atomic mass is 16.7. The molecule has 1 saturated heterocycles. The van der Waals surface area contributed by atoms with Crippen LogP contribution in [-0.2, 0) is 23.7 Å². The first-order chi connectivity index (χ1) is 14.8. The van der Waals surface area contributed by atoms with E-state index in [4.69, 9.17) is 18.9 Å². The summed E-state index contributed by atoms with van der Waals surface area (Å²) in [5.41, 5.74) is -0.906. The van der Waals surface area contributed by atoms with Crippen LogP contribution in [0.4, 0.5) is 0 Å². The summed E-state index contributed by atoms with van der Waals surface area (Å²) in [7, 11) is 0. The van der Waals surface area contributed by atoms with Crippen molar-refractivity contribution in [2.45, 2.75) is 32.3 Å². The van der Waals surface area contributed by atoms with E-state index in [1.54, 1.807) is 60.7 Å². The monoisotopic (exact) mass is 423 g/mol. The van der Waals surface area contributed by atoms with Crippen molar-refractivity contribution in [1.82, 2.24) is 0 Å². The summed E-state index contributed by atoms with van der Waals surface area (Å²) < 4.78 is 21.7. The number of rotatable bonds is 6. The average molecular weight is 423 g/mol. The Balaban J connectivity index is 1.81. The van der Waals surface area contributed by atoms with Crippen LogP contribution in [0.3, 0.4) is 0 Å². The van der Waals surface area contributed by atoms with Crippen LogP contribution in [0.25, 0.3) is 0 Å². The number of carbonyl (C=O) groups is 3. The third-order valence-corrected chi connectivity index (χ3v) is 4.86. The molecule has 4 atom stereocenters. The second kappa shape index (κ2) is 9.41. The number of hydrogen-bond acceptors (Lipinski definition) is 8. The summed E-state index contributed by atoms with van der Waals surface area (Å²) in [6, 6.07) is 18.6. The van der Waals surface area contributed by atoms with E-state index >= 15 is 0 Å². The Morgan fingerprint density at radius 3 is 2.03 bits per heavy atom. The van der Waals surface area contributed by atoms with E-state index in [1.165, 1.54) is 13.8 Å². The zero-order valence-electron chi connectivity index (χ0n) is 17.0. The van der Waals surface area contributed by atoms with Gasteiger partial charge in [0.2, 0.25) is 6.29 Å². The summed E-state index contributed by atoms with van der Waals surface area (Å²) in [6.45, 7) is 2.33. The van der Waals surface area contributed by atoms with Gasteiger partial charge in [0.25, 0.3) is 0 Å². The summed E-state index contributed by atoms with van der Waals surface area (Å²) in [6.07, 6.45) is -3.48. The minimum atomic E-state index is -1.51. The predicted octanol–water partition coefficient (Wildman–Crippen LogP) is 2.89. The lowest BCUT2D eigenvalue weighted by Gasteiger charge is -2.27. The second-order valence-electron chi connectivity index (χ2n) is 7.17. The van der Waals surface area contributed by atoms with Crippen molar-refractivity contribution in [2.24, 2.45) is 5.41 Å². The quantitative estimate of drug-likeness (QED) is 0.515. The average Bonchev–Trinajstić information content (AvgIpc) is 3.04. The van der Waals surface area contributed by atoms with Crippen molar-refractivity contribution >= 4 is 17.9 Å². The van der Waals surface area contributed by atoms with Gasteiger partial charge < -0.3 is 18.9 Å². The van der Waals surface area contributed by atoms with Gasteiger partial charge in [0.1, 0.15) is 12.7 Å². The number of hydrogen-bond donors (Lipinski definition) is 0. The molecular weight excluding hydrogens is 402 g/mol. The van der Waals surface area contributed by atoms with Gasteiger partial charge in [0.15, 0.2) is 11.5 Å². The number of esters is 3. The molecule has 0 spiro atoms. The SMILES string of the molecule is CC(=O)O[C@@H]1O[C@H](COC(=O)c2ccccc2)[C@@H](OC(=O)c2ccccc2)[C@@]1(C)C#N. The molecule has 31 heavy (non-hydrogen) atoms. The number of nitriles is 1. The van der Waals surface area contributed by atoms with Crippen molar-refractivity contribution < 1.29 is 33.3 Å². The number of nitrogens with zero attached hydrogens (tertiary/aromatic N) is 1. The Morgan fingerprint density at radius 2 is 1.52 bits per heavy atom. The lowest BCUT2D eigenvalue weighted by atomic mass is 9.84. The maximum Gasteiger partial charge on any atom is 0.338 e. The summed E-state index contributed by atoms with van der Waals surface area (Å²) >= 11 is 0. The predicted molar refractivity (Wildman–Crippen MR) is 107 cm³/mol. The van der Waals surface area contributed by atoms with Crippen LogP contribution in [0.1, 0.15) is 34.6 Å². The molecule has 2 aromatic rings. The first-order valence-electron chi connectivity index (χ1n) is 9.57. The van der Waals surface area contributed by atoms with Gasteiger partial charge in [0.05, 0.1) is 17.2 Å². The van der Waals surface area contributed by atoms with Crippen molar-refractivity contribution in [3.05, 3.63) is 71.8 Å². The minimum absolute atomic E-state index is 0.277. The smallest absolute Gasteiger partial charge is 0.338 e. The molecule has 0 saturated carbocycles. The summed E-state index contributed by atoms with van der Waals surface area (Å²) in [5.74, 6) is -1.95. The highest BCUT2D eigenvalue weighted by Crippen LogP contribution is 2.41. The number of benzene rings is 2. The molecule has 0 aromatic heterocycles. The molecule has 0 N–H and O–H groups in total.